The first-order valence-corrected chi connectivity index (χ1v) is 6.85. The number of anilines is 1. The molecule has 2 rings (SSSR count). The number of rotatable bonds is 1. The average Bonchev–Trinajstić information content (AvgIpc) is 2.37. The third-order valence-corrected chi connectivity index (χ3v) is 3.98. The van der Waals surface area contributed by atoms with E-state index in [1.165, 1.54) is 0 Å². The molecule has 4 nitrogen and oxygen atoms in total. The van der Waals surface area contributed by atoms with Crippen molar-refractivity contribution in [1.29, 1.82) is 0 Å². The number of piperidine rings is 1. The monoisotopic (exact) mass is 282 g/mol. The minimum absolute atomic E-state index is 0.112. The lowest BCUT2D eigenvalue weighted by Crippen LogP contribution is -2.46. The highest BCUT2D eigenvalue weighted by Crippen LogP contribution is 2.21. The molecule has 5 heteroatoms. The van der Waals surface area contributed by atoms with Gasteiger partial charge in [0.15, 0.2) is 0 Å². The predicted molar refractivity (Wildman–Crippen MR) is 76.6 cm³/mol. The fourth-order valence-electron chi connectivity index (χ4n) is 2.19. The minimum atomic E-state index is -0.308. The largest absolute Gasteiger partial charge is 0.393 e. The maximum absolute atomic E-state index is 12.1. The van der Waals surface area contributed by atoms with Crippen LogP contribution in [0, 0.1) is 12.8 Å². The normalized spacial score (nSPS) is 23.3. The summed E-state index contributed by atoms with van der Waals surface area (Å²) in [6.07, 6.45) is 0.321. The molecule has 0 bridgehead atoms. The fourth-order valence-corrected chi connectivity index (χ4v) is 2.37. The number of amides is 2. The highest BCUT2D eigenvalue weighted by molar-refractivity contribution is 6.31. The van der Waals surface area contributed by atoms with E-state index in [4.69, 9.17) is 11.6 Å². The van der Waals surface area contributed by atoms with Gasteiger partial charge in [0, 0.05) is 23.8 Å². The SMILES string of the molecule is Cc1ccc(NC(=O)N2CC[C@@H](O)[C@H](C)C2)cc1Cl. The second-order valence-electron chi connectivity index (χ2n) is 5.17. The Kier molecular flexibility index (Phi) is 4.32. The Morgan fingerprint density at radius 2 is 2.26 bits per heavy atom. The Labute approximate surface area is 118 Å². The van der Waals surface area contributed by atoms with E-state index in [1.807, 2.05) is 26.0 Å². The number of aryl methyl sites for hydroxylation is 1. The van der Waals surface area contributed by atoms with Crippen LogP contribution in [0.4, 0.5) is 10.5 Å². The molecule has 1 aromatic rings. The number of carbonyl (C=O) groups is 1. The zero-order chi connectivity index (χ0) is 14.0. The van der Waals surface area contributed by atoms with Gasteiger partial charge in [-0.05, 0) is 37.0 Å². The van der Waals surface area contributed by atoms with Crippen molar-refractivity contribution in [3.8, 4) is 0 Å². The van der Waals surface area contributed by atoms with Crippen LogP contribution < -0.4 is 5.32 Å². The van der Waals surface area contributed by atoms with Gasteiger partial charge in [0.05, 0.1) is 6.10 Å². The topological polar surface area (TPSA) is 52.6 Å². The van der Waals surface area contributed by atoms with Gasteiger partial charge >= 0.3 is 6.03 Å². The molecule has 1 fully saturated rings. The van der Waals surface area contributed by atoms with Crippen molar-refractivity contribution >= 4 is 23.3 Å². The van der Waals surface area contributed by atoms with E-state index < -0.39 is 0 Å². The number of halogens is 1. The van der Waals surface area contributed by atoms with E-state index in [0.29, 0.717) is 30.2 Å². The van der Waals surface area contributed by atoms with E-state index in [9.17, 15) is 9.90 Å². The lowest BCUT2D eigenvalue weighted by atomic mass is 9.97. The van der Waals surface area contributed by atoms with E-state index >= 15 is 0 Å². The second-order valence-corrected chi connectivity index (χ2v) is 5.58. The summed E-state index contributed by atoms with van der Waals surface area (Å²) in [6, 6.07) is 5.32. The molecule has 1 saturated heterocycles. The van der Waals surface area contributed by atoms with Crippen LogP contribution in [0.3, 0.4) is 0 Å². The standard InChI is InChI=1S/C14H19ClN2O2/c1-9-3-4-11(7-12(9)15)16-14(19)17-6-5-13(18)10(2)8-17/h3-4,7,10,13,18H,5-6,8H2,1-2H3,(H,16,19)/t10-,13-/m1/s1. The van der Waals surface area contributed by atoms with Gasteiger partial charge in [-0.15, -0.1) is 0 Å². The Balaban J connectivity index is 1.99. The summed E-state index contributed by atoms with van der Waals surface area (Å²) in [5.74, 6) is 0.112. The van der Waals surface area contributed by atoms with Crippen LogP contribution in [-0.4, -0.2) is 35.2 Å². The number of nitrogens with one attached hydrogen (secondary N) is 1. The van der Waals surface area contributed by atoms with Crippen LogP contribution in [0.5, 0.6) is 0 Å². The Hall–Kier alpha value is -1.26. The van der Waals surface area contributed by atoms with Crippen LogP contribution in [0.1, 0.15) is 18.9 Å². The molecule has 0 spiro atoms. The van der Waals surface area contributed by atoms with Crippen molar-refractivity contribution < 1.29 is 9.90 Å². The van der Waals surface area contributed by atoms with Gasteiger partial charge in [-0.2, -0.15) is 0 Å². The van der Waals surface area contributed by atoms with Gasteiger partial charge in [-0.1, -0.05) is 24.6 Å². The Morgan fingerprint density at radius 1 is 1.53 bits per heavy atom. The number of aliphatic hydroxyl groups excluding tert-OH is 1. The summed E-state index contributed by atoms with van der Waals surface area (Å²) in [7, 11) is 0. The van der Waals surface area contributed by atoms with Crippen molar-refractivity contribution in [3.63, 3.8) is 0 Å². The van der Waals surface area contributed by atoms with E-state index in [0.717, 1.165) is 5.56 Å². The number of carbonyl (C=O) groups excluding carboxylic acids is 1. The molecule has 1 aliphatic rings. The van der Waals surface area contributed by atoms with Crippen molar-refractivity contribution in [2.24, 2.45) is 5.92 Å². The molecule has 1 aromatic carbocycles. The van der Waals surface area contributed by atoms with Crippen LogP contribution in [0.2, 0.25) is 5.02 Å². The molecular weight excluding hydrogens is 264 g/mol. The van der Waals surface area contributed by atoms with Gasteiger partial charge < -0.3 is 15.3 Å². The number of likely N-dealkylation sites (tertiary alicyclic amines) is 1. The highest BCUT2D eigenvalue weighted by atomic mass is 35.5. The van der Waals surface area contributed by atoms with Crippen molar-refractivity contribution in [1.82, 2.24) is 4.90 Å². The van der Waals surface area contributed by atoms with E-state index in [2.05, 4.69) is 5.32 Å². The fraction of sp³-hybridized carbons (Fsp3) is 0.500. The maximum atomic E-state index is 12.1. The predicted octanol–water partition coefficient (Wildman–Crippen LogP) is 2.88. The molecule has 1 aliphatic heterocycles. The van der Waals surface area contributed by atoms with Gasteiger partial charge in [0.1, 0.15) is 0 Å². The molecule has 2 amide bonds. The average molecular weight is 283 g/mol. The van der Waals surface area contributed by atoms with Gasteiger partial charge in [0.2, 0.25) is 0 Å². The van der Waals surface area contributed by atoms with Crippen molar-refractivity contribution in [3.05, 3.63) is 28.8 Å². The summed E-state index contributed by atoms with van der Waals surface area (Å²) >= 11 is 6.03. The van der Waals surface area contributed by atoms with E-state index in [1.54, 1.807) is 11.0 Å². The molecule has 2 atom stereocenters. The van der Waals surface area contributed by atoms with Crippen LogP contribution in [0.25, 0.3) is 0 Å². The number of hydrogen-bond acceptors (Lipinski definition) is 2. The van der Waals surface area contributed by atoms with Crippen LogP contribution in [0.15, 0.2) is 18.2 Å². The first-order chi connectivity index (χ1) is 8.97. The molecule has 0 radical (unpaired) electrons. The molecule has 0 aliphatic carbocycles. The highest BCUT2D eigenvalue weighted by Gasteiger charge is 2.27. The first-order valence-electron chi connectivity index (χ1n) is 6.47. The van der Waals surface area contributed by atoms with Crippen LogP contribution in [-0.2, 0) is 0 Å². The molecule has 2 N–H and O–H groups in total. The molecular formula is C14H19ClN2O2. The zero-order valence-electron chi connectivity index (χ0n) is 11.2. The van der Waals surface area contributed by atoms with Gasteiger partial charge in [-0.25, -0.2) is 4.79 Å². The summed E-state index contributed by atoms with van der Waals surface area (Å²) in [4.78, 5) is 13.8. The first kappa shape index (κ1) is 14.2. The Morgan fingerprint density at radius 3 is 2.89 bits per heavy atom. The molecule has 1 heterocycles. The second kappa shape index (κ2) is 5.80. The number of urea groups is 1. The lowest BCUT2D eigenvalue weighted by Gasteiger charge is -2.34. The molecule has 19 heavy (non-hydrogen) atoms. The third-order valence-electron chi connectivity index (χ3n) is 3.57. The summed E-state index contributed by atoms with van der Waals surface area (Å²) in [5, 5.41) is 13.1. The van der Waals surface area contributed by atoms with E-state index in [-0.39, 0.29) is 18.1 Å². The third kappa shape index (κ3) is 3.39. The number of benzene rings is 1. The lowest BCUT2D eigenvalue weighted by molar-refractivity contribution is 0.0506. The summed E-state index contributed by atoms with van der Waals surface area (Å²) in [5.41, 5.74) is 1.67. The van der Waals surface area contributed by atoms with Crippen molar-refractivity contribution in [2.75, 3.05) is 18.4 Å². The number of aliphatic hydroxyl groups is 1. The number of hydrogen-bond donors (Lipinski definition) is 2. The molecule has 104 valence electrons. The van der Waals surface area contributed by atoms with Gasteiger partial charge in [-0.3, -0.25) is 0 Å². The van der Waals surface area contributed by atoms with Crippen LogP contribution >= 0.6 is 11.6 Å². The summed E-state index contributed by atoms with van der Waals surface area (Å²) in [6.45, 7) is 5.03. The molecule has 0 aromatic heterocycles. The zero-order valence-corrected chi connectivity index (χ0v) is 11.9. The smallest absolute Gasteiger partial charge is 0.321 e. The quantitative estimate of drug-likeness (QED) is 0.832. The van der Waals surface area contributed by atoms with Crippen molar-refractivity contribution in [2.45, 2.75) is 26.4 Å². The maximum Gasteiger partial charge on any atom is 0.321 e. The minimum Gasteiger partial charge on any atom is -0.393 e. The Bertz CT molecular complexity index is 479. The molecule has 0 unspecified atom stereocenters. The van der Waals surface area contributed by atoms with Gasteiger partial charge in [0.25, 0.3) is 0 Å². The number of nitrogens with zero attached hydrogens (tertiary/aromatic N) is 1. The summed E-state index contributed by atoms with van der Waals surface area (Å²) < 4.78 is 0. The molecule has 0 saturated carbocycles.